The van der Waals surface area contributed by atoms with Crippen LogP contribution in [-0.4, -0.2) is 41.4 Å². The molecule has 1 aromatic carbocycles. The Morgan fingerprint density at radius 2 is 2.14 bits per heavy atom. The number of benzene rings is 1. The van der Waals surface area contributed by atoms with Gasteiger partial charge in [-0.2, -0.15) is 0 Å². The summed E-state index contributed by atoms with van der Waals surface area (Å²) in [7, 11) is 0. The molecule has 4 rings (SSSR count). The number of rotatable bonds is 5. The number of furan rings is 1. The minimum atomic E-state index is -0.133. The highest BCUT2D eigenvalue weighted by molar-refractivity contribution is 7.22. The number of hydrogen-bond donors (Lipinski definition) is 1. The van der Waals surface area contributed by atoms with Gasteiger partial charge in [0.2, 0.25) is 5.91 Å². The molecule has 0 radical (unpaired) electrons. The third-order valence-corrected chi connectivity index (χ3v) is 5.72. The van der Waals surface area contributed by atoms with E-state index >= 15 is 0 Å². The van der Waals surface area contributed by atoms with Gasteiger partial charge in [-0.15, -0.1) is 0 Å². The first-order chi connectivity index (χ1) is 13.6. The Kier molecular flexibility index (Phi) is 5.29. The minimum Gasteiger partial charge on any atom is -0.494 e. The van der Waals surface area contributed by atoms with E-state index in [2.05, 4.69) is 10.3 Å². The van der Waals surface area contributed by atoms with Crippen molar-refractivity contribution in [3.8, 4) is 5.75 Å². The second-order valence-electron chi connectivity index (χ2n) is 6.61. The molecular weight excluding hydrogens is 378 g/mol. The first-order valence-electron chi connectivity index (χ1n) is 9.31. The van der Waals surface area contributed by atoms with Gasteiger partial charge in [0.15, 0.2) is 10.9 Å². The summed E-state index contributed by atoms with van der Waals surface area (Å²) in [5, 5.41) is 3.52. The molecular formula is C20H21N3O4S. The summed E-state index contributed by atoms with van der Waals surface area (Å²) in [5.41, 5.74) is 0.836. The third-order valence-electron chi connectivity index (χ3n) is 4.79. The lowest BCUT2D eigenvalue weighted by atomic mass is 9.96. The Labute approximate surface area is 166 Å². The molecule has 146 valence electrons. The molecule has 28 heavy (non-hydrogen) atoms. The number of hydrogen-bond acceptors (Lipinski definition) is 6. The van der Waals surface area contributed by atoms with Crippen molar-refractivity contribution in [2.45, 2.75) is 19.8 Å². The van der Waals surface area contributed by atoms with Crippen molar-refractivity contribution in [3.05, 3.63) is 42.4 Å². The van der Waals surface area contributed by atoms with Gasteiger partial charge in [0.25, 0.3) is 5.91 Å². The van der Waals surface area contributed by atoms with E-state index in [9.17, 15) is 9.59 Å². The SMILES string of the molecule is CCOc1ccc2nc(NC(=O)C3CCN(C(=O)c4ccco4)CC3)sc2c1. The summed E-state index contributed by atoms with van der Waals surface area (Å²) in [6.45, 7) is 3.62. The molecule has 7 nitrogen and oxygen atoms in total. The lowest BCUT2D eigenvalue weighted by molar-refractivity contribution is -0.121. The number of ether oxygens (including phenoxy) is 1. The number of thiazole rings is 1. The number of likely N-dealkylation sites (tertiary alicyclic amines) is 1. The van der Waals surface area contributed by atoms with E-state index in [1.165, 1.54) is 17.6 Å². The maximum atomic E-state index is 12.6. The van der Waals surface area contributed by atoms with Gasteiger partial charge in [-0.1, -0.05) is 11.3 Å². The molecule has 1 saturated heterocycles. The van der Waals surface area contributed by atoms with Crippen molar-refractivity contribution >= 4 is 38.5 Å². The van der Waals surface area contributed by atoms with Crippen LogP contribution in [-0.2, 0) is 4.79 Å². The zero-order chi connectivity index (χ0) is 19.5. The quantitative estimate of drug-likeness (QED) is 0.706. The summed E-state index contributed by atoms with van der Waals surface area (Å²) >= 11 is 1.43. The molecule has 8 heteroatoms. The van der Waals surface area contributed by atoms with Gasteiger partial charge in [-0.25, -0.2) is 4.98 Å². The molecule has 0 unspecified atom stereocenters. The van der Waals surface area contributed by atoms with Crippen molar-refractivity contribution in [1.29, 1.82) is 0 Å². The van der Waals surface area contributed by atoms with E-state index < -0.39 is 0 Å². The van der Waals surface area contributed by atoms with Crippen molar-refractivity contribution < 1.29 is 18.7 Å². The van der Waals surface area contributed by atoms with Gasteiger partial charge in [-0.05, 0) is 50.1 Å². The number of anilines is 1. The molecule has 2 aromatic heterocycles. The van der Waals surface area contributed by atoms with Crippen LogP contribution in [0.2, 0.25) is 0 Å². The smallest absolute Gasteiger partial charge is 0.289 e. The molecule has 3 heterocycles. The average Bonchev–Trinajstić information content (AvgIpc) is 3.37. The fraction of sp³-hybridized carbons (Fsp3) is 0.350. The fourth-order valence-corrected chi connectivity index (χ4v) is 4.22. The highest BCUT2D eigenvalue weighted by Gasteiger charge is 2.29. The topological polar surface area (TPSA) is 84.7 Å². The number of nitrogens with one attached hydrogen (secondary N) is 1. The fourth-order valence-electron chi connectivity index (χ4n) is 3.32. The average molecular weight is 399 g/mol. The number of piperidine rings is 1. The second kappa shape index (κ2) is 8.02. The Balaban J connectivity index is 1.35. The Morgan fingerprint density at radius 3 is 2.86 bits per heavy atom. The van der Waals surface area contributed by atoms with Crippen molar-refractivity contribution in [2.75, 3.05) is 25.0 Å². The summed E-state index contributed by atoms with van der Waals surface area (Å²) in [4.78, 5) is 31.2. The van der Waals surface area contributed by atoms with E-state index in [-0.39, 0.29) is 17.7 Å². The molecule has 1 N–H and O–H groups in total. The summed E-state index contributed by atoms with van der Waals surface area (Å²) in [6, 6.07) is 9.06. The Hall–Kier alpha value is -2.87. The van der Waals surface area contributed by atoms with Crippen LogP contribution in [0.15, 0.2) is 41.0 Å². The van der Waals surface area contributed by atoms with E-state index in [1.807, 2.05) is 25.1 Å². The van der Waals surface area contributed by atoms with Crippen LogP contribution in [0.3, 0.4) is 0 Å². The lowest BCUT2D eigenvalue weighted by Gasteiger charge is -2.30. The molecule has 1 aliphatic heterocycles. The molecule has 0 saturated carbocycles. The van der Waals surface area contributed by atoms with E-state index in [0.29, 0.717) is 43.4 Å². The normalized spacial score (nSPS) is 15.0. The standard InChI is InChI=1S/C20H21N3O4S/c1-2-26-14-5-6-15-17(12-14)28-20(21-15)22-18(24)13-7-9-23(10-8-13)19(25)16-4-3-11-27-16/h3-6,11-13H,2,7-10H2,1H3,(H,21,22,24). The zero-order valence-electron chi connectivity index (χ0n) is 15.5. The number of amides is 2. The van der Waals surface area contributed by atoms with Crippen molar-refractivity contribution in [3.63, 3.8) is 0 Å². The number of carbonyl (C=O) groups is 2. The van der Waals surface area contributed by atoms with Crippen LogP contribution in [0.5, 0.6) is 5.75 Å². The van der Waals surface area contributed by atoms with Crippen molar-refractivity contribution in [1.82, 2.24) is 9.88 Å². The Morgan fingerprint density at radius 1 is 1.32 bits per heavy atom. The van der Waals surface area contributed by atoms with E-state index in [0.717, 1.165) is 16.0 Å². The largest absolute Gasteiger partial charge is 0.494 e. The van der Waals surface area contributed by atoms with Crippen LogP contribution in [0.25, 0.3) is 10.2 Å². The predicted molar refractivity (Wildman–Crippen MR) is 107 cm³/mol. The maximum absolute atomic E-state index is 12.6. The number of aromatic nitrogens is 1. The van der Waals surface area contributed by atoms with Gasteiger partial charge in [0.1, 0.15) is 5.75 Å². The van der Waals surface area contributed by atoms with Crippen LogP contribution in [0.1, 0.15) is 30.3 Å². The molecule has 1 fully saturated rings. The van der Waals surface area contributed by atoms with Gasteiger partial charge in [0.05, 0.1) is 23.1 Å². The van der Waals surface area contributed by atoms with Crippen LogP contribution in [0.4, 0.5) is 5.13 Å². The molecule has 0 aliphatic carbocycles. The lowest BCUT2D eigenvalue weighted by Crippen LogP contribution is -2.41. The first kappa shape index (κ1) is 18.5. The summed E-state index contributed by atoms with van der Waals surface area (Å²) in [6.07, 6.45) is 2.73. The molecule has 3 aromatic rings. The number of carbonyl (C=O) groups excluding carboxylic acids is 2. The Bertz CT molecular complexity index is 975. The van der Waals surface area contributed by atoms with Gasteiger partial charge in [0, 0.05) is 19.0 Å². The zero-order valence-corrected chi connectivity index (χ0v) is 16.3. The molecule has 2 amide bonds. The molecule has 0 atom stereocenters. The van der Waals surface area contributed by atoms with E-state index in [4.69, 9.17) is 9.15 Å². The van der Waals surface area contributed by atoms with Crippen LogP contribution < -0.4 is 10.1 Å². The monoisotopic (exact) mass is 399 g/mol. The predicted octanol–water partition coefficient (Wildman–Crippen LogP) is 3.78. The minimum absolute atomic E-state index is 0.0471. The maximum Gasteiger partial charge on any atom is 0.289 e. The summed E-state index contributed by atoms with van der Waals surface area (Å²) < 4.78 is 11.6. The molecule has 0 spiro atoms. The number of fused-ring (bicyclic) bond motifs is 1. The first-order valence-corrected chi connectivity index (χ1v) is 10.1. The van der Waals surface area contributed by atoms with E-state index in [1.54, 1.807) is 17.0 Å². The number of nitrogens with zero attached hydrogens (tertiary/aromatic N) is 2. The molecule has 1 aliphatic rings. The highest BCUT2D eigenvalue weighted by atomic mass is 32.1. The summed E-state index contributed by atoms with van der Waals surface area (Å²) in [5.74, 6) is 0.829. The highest BCUT2D eigenvalue weighted by Crippen LogP contribution is 2.30. The van der Waals surface area contributed by atoms with Crippen LogP contribution >= 0.6 is 11.3 Å². The van der Waals surface area contributed by atoms with Crippen molar-refractivity contribution in [2.24, 2.45) is 5.92 Å². The van der Waals surface area contributed by atoms with Gasteiger partial charge in [-0.3, -0.25) is 9.59 Å². The third kappa shape index (κ3) is 3.87. The van der Waals surface area contributed by atoms with Gasteiger partial charge < -0.3 is 19.4 Å². The van der Waals surface area contributed by atoms with Crippen LogP contribution in [0, 0.1) is 5.92 Å². The second-order valence-corrected chi connectivity index (χ2v) is 7.65. The molecule has 0 bridgehead atoms. The van der Waals surface area contributed by atoms with Gasteiger partial charge >= 0.3 is 0 Å².